The first-order valence-corrected chi connectivity index (χ1v) is 8.97. The van der Waals surface area contributed by atoms with E-state index in [1.165, 1.54) is 0 Å². The number of carbonyl (C=O) groups is 1. The Hall–Kier alpha value is -2.06. The molecule has 2 aliphatic rings. The second kappa shape index (κ2) is 7.67. The van der Waals surface area contributed by atoms with Crippen molar-refractivity contribution in [3.05, 3.63) is 29.8 Å². The lowest BCUT2D eigenvalue weighted by molar-refractivity contribution is -0.135. The fourth-order valence-corrected chi connectivity index (χ4v) is 3.69. The Kier molecular flexibility index (Phi) is 5.37. The minimum Gasteiger partial charge on any atom is -0.370 e. The number of rotatable bonds is 3. The minimum atomic E-state index is -0.0241. The molecule has 0 saturated carbocycles. The van der Waals surface area contributed by atoms with E-state index >= 15 is 0 Å². The fraction of sp³-hybridized carbons (Fsp3) is 0.579. The number of nitrogens with zero attached hydrogens (tertiary/aromatic N) is 4. The Morgan fingerprint density at radius 1 is 1.00 bits per heavy atom. The monoisotopic (exact) mass is 326 g/mol. The molecule has 0 bridgehead atoms. The van der Waals surface area contributed by atoms with E-state index in [1.807, 2.05) is 29.2 Å². The zero-order valence-electron chi connectivity index (χ0n) is 14.4. The molecular weight excluding hydrogens is 300 g/mol. The first-order valence-electron chi connectivity index (χ1n) is 8.97. The summed E-state index contributed by atoms with van der Waals surface area (Å²) in [4.78, 5) is 19.3. The van der Waals surface area contributed by atoms with Crippen LogP contribution in [0.15, 0.2) is 24.3 Å². The molecular formula is C19H26N4O. The van der Waals surface area contributed by atoms with Crippen LogP contribution in [0.3, 0.4) is 0 Å². The lowest BCUT2D eigenvalue weighted by atomic mass is 10.2. The summed E-state index contributed by atoms with van der Waals surface area (Å²) >= 11 is 0. The van der Waals surface area contributed by atoms with Gasteiger partial charge in [0, 0.05) is 45.0 Å². The average molecular weight is 326 g/mol. The first kappa shape index (κ1) is 16.8. The second-order valence-electron chi connectivity index (χ2n) is 6.74. The van der Waals surface area contributed by atoms with Gasteiger partial charge in [0.05, 0.1) is 17.7 Å². The van der Waals surface area contributed by atoms with Gasteiger partial charge in [-0.05, 0) is 50.5 Å². The first-order chi connectivity index (χ1) is 11.7. The molecule has 2 heterocycles. The molecule has 0 spiro atoms. The summed E-state index contributed by atoms with van der Waals surface area (Å²) in [6.45, 7) is 7.69. The third-order valence-electron chi connectivity index (χ3n) is 5.21. The largest absolute Gasteiger partial charge is 0.370 e. The Bertz CT molecular complexity index is 601. The van der Waals surface area contributed by atoms with Gasteiger partial charge in [0.15, 0.2) is 0 Å². The molecule has 0 N–H and O–H groups in total. The lowest BCUT2D eigenvalue weighted by Gasteiger charge is -2.30. The highest BCUT2D eigenvalue weighted by Gasteiger charge is 2.28. The van der Waals surface area contributed by atoms with Crippen LogP contribution in [-0.2, 0) is 4.79 Å². The number of benzene rings is 1. The smallest absolute Gasteiger partial charge is 0.239 e. The number of hydrogen-bond donors (Lipinski definition) is 0. The lowest BCUT2D eigenvalue weighted by Crippen LogP contribution is -2.47. The Morgan fingerprint density at radius 3 is 2.38 bits per heavy atom. The van der Waals surface area contributed by atoms with Crippen LogP contribution in [-0.4, -0.2) is 61.0 Å². The molecule has 1 atom stereocenters. The van der Waals surface area contributed by atoms with E-state index in [0.717, 1.165) is 64.2 Å². The maximum Gasteiger partial charge on any atom is 0.239 e. The molecule has 5 nitrogen and oxygen atoms in total. The van der Waals surface area contributed by atoms with Crippen LogP contribution in [0.25, 0.3) is 0 Å². The van der Waals surface area contributed by atoms with Gasteiger partial charge >= 0.3 is 0 Å². The van der Waals surface area contributed by atoms with Crippen LogP contribution in [0, 0.1) is 11.3 Å². The molecule has 1 aromatic rings. The standard InChI is InChI=1S/C19H26N4O/c1-16(19(24)23-9-2-3-10-23)21-11-4-12-22(14-13-21)18-7-5-17(15-20)6-8-18/h5-8,16H,2-4,9-14H2,1H3/t16-/m1/s1. The highest BCUT2D eigenvalue weighted by molar-refractivity contribution is 5.81. The molecule has 0 unspecified atom stereocenters. The summed E-state index contributed by atoms with van der Waals surface area (Å²) < 4.78 is 0. The van der Waals surface area contributed by atoms with Gasteiger partial charge in [0.1, 0.15) is 0 Å². The van der Waals surface area contributed by atoms with Crippen molar-refractivity contribution in [1.29, 1.82) is 5.26 Å². The van der Waals surface area contributed by atoms with Gasteiger partial charge in [0.2, 0.25) is 5.91 Å². The van der Waals surface area contributed by atoms with Crippen LogP contribution in [0.1, 0.15) is 31.7 Å². The summed E-state index contributed by atoms with van der Waals surface area (Å²) in [5.41, 5.74) is 1.86. The number of anilines is 1. The topological polar surface area (TPSA) is 50.6 Å². The van der Waals surface area contributed by atoms with Crippen LogP contribution in [0.5, 0.6) is 0 Å². The third kappa shape index (κ3) is 3.70. The molecule has 2 fully saturated rings. The van der Waals surface area contributed by atoms with Gasteiger partial charge in [-0.15, -0.1) is 0 Å². The second-order valence-corrected chi connectivity index (χ2v) is 6.74. The molecule has 1 amide bonds. The molecule has 3 rings (SSSR count). The molecule has 5 heteroatoms. The van der Waals surface area contributed by atoms with Gasteiger partial charge in [-0.1, -0.05) is 0 Å². The molecule has 24 heavy (non-hydrogen) atoms. The van der Waals surface area contributed by atoms with E-state index in [9.17, 15) is 4.79 Å². The minimum absolute atomic E-state index is 0.0241. The molecule has 0 aromatic heterocycles. The van der Waals surface area contributed by atoms with Crippen LogP contribution < -0.4 is 4.90 Å². The summed E-state index contributed by atoms with van der Waals surface area (Å²) in [7, 11) is 0. The van der Waals surface area contributed by atoms with Crippen molar-refractivity contribution in [3.63, 3.8) is 0 Å². The van der Waals surface area contributed by atoms with Gasteiger partial charge < -0.3 is 9.80 Å². The van der Waals surface area contributed by atoms with Gasteiger partial charge in [-0.25, -0.2) is 0 Å². The number of nitriles is 1. The van der Waals surface area contributed by atoms with Gasteiger partial charge in [-0.3, -0.25) is 9.69 Å². The zero-order chi connectivity index (χ0) is 16.9. The molecule has 128 valence electrons. The normalized spacial score (nSPS) is 20.5. The maximum absolute atomic E-state index is 12.6. The molecule has 2 aliphatic heterocycles. The van der Waals surface area contributed by atoms with Crippen molar-refractivity contribution in [1.82, 2.24) is 9.80 Å². The molecule has 0 radical (unpaired) electrons. The van der Waals surface area contributed by atoms with E-state index in [-0.39, 0.29) is 6.04 Å². The van der Waals surface area contributed by atoms with Crippen LogP contribution >= 0.6 is 0 Å². The number of carbonyl (C=O) groups excluding carboxylic acids is 1. The van der Waals surface area contributed by atoms with E-state index < -0.39 is 0 Å². The Morgan fingerprint density at radius 2 is 1.71 bits per heavy atom. The van der Waals surface area contributed by atoms with Crippen molar-refractivity contribution in [2.45, 2.75) is 32.2 Å². The van der Waals surface area contributed by atoms with Crippen molar-refractivity contribution in [3.8, 4) is 6.07 Å². The van der Waals surface area contributed by atoms with Gasteiger partial charge in [0.25, 0.3) is 0 Å². The maximum atomic E-state index is 12.6. The van der Waals surface area contributed by atoms with E-state index in [4.69, 9.17) is 5.26 Å². The van der Waals surface area contributed by atoms with Crippen molar-refractivity contribution in [2.75, 3.05) is 44.2 Å². The Balaban J connectivity index is 1.59. The highest BCUT2D eigenvalue weighted by Crippen LogP contribution is 2.19. The molecule has 2 saturated heterocycles. The SMILES string of the molecule is C[C@H](C(=O)N1CCCC1)N1CCCN(c2ccc(C#N)cc2)CC1. The summed E-state index contributed by atoms with van der Waals surface area (Å²) in [5, 5.41) is 8.92. The summed E-state index contributed by atoms with van der Waals surface area (Å²) in [6, 6.07) is 9.92. The number of hydrogen-bond acceptors (Lipinski definition) is 4. The predicted molar refractivity (Wildman–Crippen MR) is 94.8 cm³/mol. The summed E-state index contributed by atoms with van der Waals surface area (Å²) in [5.74, 6) is 0.291. The van der Waals surface area contributed by atoms with Crippen LogP contribution in [0.4, 0.5) is 5.69 Å². The van der Waals surface area contributed by atoms with Crippen LogP contribution in [0.2, 0.25) is 0 Å². The average Bonchev–Trinajstić information content (AvgIpc) is 3.05. The molecule has 0 aliphatic carbocycles. The van der Waals surface area contributed by atoms with Gasteiger partial charge in [-0.2, -0.15) is 5.26 Å². The zero-order valence-corrected chi connectivity index (χ0v) is 14.4. The highest BCUT2D eigenvalue weighted by atomic mass is 16.2. The number of likely N-dealkylation sites (tertiary alicyclic amines) is 1. The van der Waals surface area contributed by atoms with Crippen molar-refractivity contribution in [2.24, 2.45) is 0 Å². The van der Waals surface area contributed by atoms with E-state index in [2.05, 4.69) is 22.8 Å². The number of amides is 1. The van der Waals surface area contributed by atoms with Crippen molar-refractivity contribution >= 4 is 11.6 Å². The quantitative estimate of drug-likeness (QED) is 0.853. The fourth-order valence-electron chi connectivity index (χ4n) is 3.69. The third-order valence-corrected chi connectivity index (χ3v) is 5.21. The predicted octanol–water partition coefficient (Wildman–Crippen LogP) is 2.08. The summed E-state index contributed by atoms with van der Waals surface area (Å²) in [6.07, 6.45) is 3.34. The molecule has 1 aromatic carbocycles. The van der Waals surface area contributed by atoms with E-state index in [0.29, 0.717) is 11.5 Å². The Labute approximate surface area is 144 Å². The van der Waals surface area contributed by atoms with E-state index in [1.54, 1.807) is 0 Å². The van der Waals surface area contributed by atoms with Crippen molar-refractivity contribution < 1.29 is 4.79 Å².